The van der Waals surface area contributed by atoms with E-state index in [1.54, 1.807) is 4.90 Å². The first kappa shape index (κ1) is 16.1. The molecule has 124 valence electrons. The van der Waals surface area contributed by atoms with Gasteiger partial charge in [-0.25, -0.2) is 14.8 Å². The summed E-state index contributed by atoms with van der Waals surface area (Å²) >= 11 is 6.11. The molecule has 1 amide bonds. The van der Waals surface area contributed by atoms with Crippen LogP contribution in [0.3, 0.4) is 0 Å². The third kappa shape index (κ3) is 3.27. The van der Waals surface area contributed by atoms with E-state index in [0.29, 0.717) is 17.2 Å². The van der Waals surface area contributed by atoms with Crippen molar-refractivity contribution in [3.8, 4) is 0 Å². The third-order valence-corrected chi connectivity index (χ3v) is 4.20. The number of nitrogens with one attached hydrogen (secondary N) is 1. The molecule has 1 aliphatic rings. The maximum Gasteiger partial charge on any atom is 0.410 e. The summed E-state index contributed by atoms with van der Waals surface area (Å²) in [5.41, 5.74) is 1.64. The molecule has 1 unspecified atom stereocenters. The minimum atomic E-state index is -0.510. The molecule has 1 N–H and O–H groups in total. The van der Waals surface area contributed by atoms with E-state index in [2.05, 4.69) is 15.0 Å². The highest BCUT2D eigenvalue weighted by atomic mass is 35.5. The number of carbonyl (C=O) groups is 1. The molecule has 1 fully saturated rings. The number of fused-ring (bicyclic) bond motifs is 1. The average Bonchev–Trinajstić information content (AvgIpc) is 3.03. The van der Waals surface area contributed by atoms with E-state index >= 15 is 0 Å². The summed E-state index contributed by atoms with van der Waals surface area (Å²) < 4.78 is 5.49. The number of ether oxygens (including phenoxy) is 1. The van der Waals surface area contributed by atoms with Gasteiger partial charge in [0.25, 0.3) is 0 Å². The number of amides is 1. The minimum absolute atomic E-state index is 0.113. The summed E-state index contributed by atoms with van der Waals surface area (Å²) in [5, 5.41) is 0.600. The first-order valence-corrected chi connectivity index (χ1v) is 8.15. The predicted octanol–water partition coefficient (Wildman–Crippen LogP) is 3.99. The van der Waals surface area contributed by atoms with Gasteiger partial charge in [0.2, 0.25) is 0 Å². The van der Waals surface area contributed by atoms with Crippen LogP contribution in [0.1, 0.15) is 51.2 Å². The number of hydrogen-bond acceptors (Lipinski definition) is 4. The molecule has 0 spiro atoms. The van der Waals surface area contributed by atoms with Crippen molar-refractivity contribution in [1.29, 1.82) is 0 Å². The lowest BCUT2D eigenvalue weighted by molar-refractivity contribution is 0.0219. The predicted molar refractivity (Wildman–Crippen MR) is 88.6 cm³/mol. The Morgan fingerprint density at radius 1 is 1.43 bits per heavy atom. The number of carbonyl (C=O) groups excluding carboxylic acids is 1. The minimum Gasteiger partial charge on any atom is -0.444 e. The Hall–Kier alpha value is -1.82. The second-order valence-corrected chi connectivity index (χ2v) is 7.29. The zero-order valence-electron chi connectivity index (χ0n) is 13.8. The lowest BCUT2D eigenvalue weighted by Gasteiger charge is -2.27. The van der Waals surface area contributed by atoms with Gasteiger partial charge in [0.15, 0.2) is 5.65 Å². The lowest BCUT2D eigenvalue weighted by atomic mass is 10.2. The molecule has 1 aliphatic heterocycles. The normalized spacial score (nSPS) is 18.7. The number of halogens is 1. The smallest absolute Gasteiger partial charge is 0.410 e. The number of pyridine rings is 1. The van der Waals surface area contributed by atoms with Gasteiger partial charge in [0.05, 0.1) is 22.3 Å². The highest BCUT2D eigenvalue weighted by Crippen LogP contribution is 2.33. The first-order valence-electron chi connectivity index (χ1n) is 7.77. The summed E-state index contributed by atoms with van der Waals surface area (Å²) in [4.78, 5) is 26.3. The Morgan fingerprint density at radius 2 is 2.17 bits per heavy atom. The number of hydrogen-bond donors (Lipinski definition) is 1. The van der Waals surface area contributed by atoms with Crippen molar-refractivity contribution in [2.24, 2.45) is 0 Å². The summed E-state index contributed by atoms with van der Waals surface area (Å²) in [6.07, 6.45) is 1.47. The maximum absolute atomic E-state index is 12.4. The van der Waals surface area contributed by atoms with Crippen molar-refractivity contribution >= 4 is 28.9 Å². The molecule has 0 radical (unpaired) electrons. The van der Waals surface area contributed by atoms with Crippen molar-refractivity contribution < 1.29 is 9.53 Å². The van der Waals surface area contributed by atoms with Gasteiger partial charge >= 0.3 is 6.09 Å². The Morgan fingerprint density at radius 3 is 2.87 bits per heavy atom. The van der Waals surface area contributed by atoms with Crippen LogP contribution in [0.5, 0.6) is 0 Å². The zero-order valence-corrected chi connectivity index (χ0v) is 14.6. The number of H-pyrrole nitrogens is 1. The second-order valence-electron chi connectivity index (χ2n) is 6.88. The lowest BCUT2D eigenvalue weighted by Crippen LogP contribution is -2.36. The fraction of sp³-hybridized carbons (Fsp3) is 0.562. The molecule has 2 aromatic heterocycles. The highest BCUT2D eigenvalue weighted by Gasteiger charge is 2.35. The Bertz CT molecular complexity index is 711. The number of imidazole rings is 1. The van der Waals surface area contributed by atoms with E-state index in [9.17, 15) is 4.79 Å². The van der Waals surface area contributed by atoms with Crippen LogP contribution in [-0.4, -0.2) is 38.1 Å². The highest BCUT2D eigenvalue weighted by molar-refractivity contribution is 6.31. The number of rotatable bonds is 1. The van der Waals surface area contributed by atoms with Gasteiger partial charge < -0.3 is 9.72 Å². The van der Waals surface area contributed by atoms with Gasteiger partial charge in [-0.3, -0.25) is 4.90 Å². The van der Waals surface area contributed by atoms with Gasteiger partial charge in [0, 0.05) is 6.54 Å². The SMILES string of the molecule is Cc1nc2nc(C3CCCN3C(=O)OC(C)(C)C)[nH]c2cc1Cl. The van der Waals surface area contributed by atoms with E-state index in [-0.39, 0.29) is 12.1 Å². The molecule has 0 saturated carbocycles. The summed E-state index contributed by atoms with van der Waals surface area (Å²) in [7, 11) is 0. The first-order chi connectivity index (χ1) is 10.7. The van der Waals surface area contributed by atoms with Crippen molar-refractivity contribution in [3.05, 3.63) is 22.6 Å². The van der Waals surface area contributed by atoms with Gasteiger partial charge in [-0.05, 0) is 46.6 Å². The molecule has 0 aromatic carbocycles. The molecule has 3 heterocycles. The number of aromatic amines is 1. The molecule has 0 aliphatic carbocycles. The third-order valence-electron chi connectivity index (χ3n) is 3.82. The summed E-state index contributed by atoms with van der Waals surface area (Å²) in [6.45, 7) is 8.12. The van der Waals surface area contributed by atoms with Gasteiger partial charge in [0.1, 0.15) is 11.4 Å². The molecule has 7 heteroatoms. The van der Waals surface area contributed by atoms with Crippen LogP contribution in [-0.2, 0) is 4.74 Å². The maximum atomic E-state index is 12.4. The number of aromatic nitrogens is 3. The van der Waals surface area contributed by atoms with E-state index < -0.39 is 5.60 Å². The number of likely N-dealkylation sites (tertiary alicyclic amines) is 1. The zero-order chi connectivity index (χ0) is 16.8. The van der Waals surface area contributed by atoms with Crippen molar-refractivity contribution in [1.82, 2.24) is 19.9 Å². The molecule has 1 saturated heterocycles. The van der Waals surface area contributed by atoms with Gasteiger partial charge in [-0.2, -0.15) is 0 Å². The van der Waals surface area contributed by atoms with Crippen LogP contribution in [0.2, 0.25) is 5.02 Å². The van der Waals surface area contributed by atoms with Crippen molar-refractivity contribution in [3.63, 3.8) is 0 Å². The van der Waals surface area contributed by atoms with E-state index in [1.807, 2.05) is 33.8 Å². The molecular formula is C16H21ClN4O2. The Kier molecular flexibility index (Phi) is 3.96. The quantitative estimate of drug-likeness (QED) is 0.854. The van der Waals surface area contributed by atoms with Crippen LogP contribution in [0.15, 0.2) is 6.07 Å². The summed E-state index contributed by atoms with van der Waals surface area (Å²) in [6, 6.07) is 1.71. The van der Waals surface area contributed by atoms with Crippen LogP contribution in [0, 0.1) is 6.92 Å². The molecule has 2 aromatic rings. The van der Waals surface area contributed by atoms with E-state index in [1.165, 1.54) is 0 Å². The molecular weight excluding hydrogens is 316 g/mol. The monoisotopic (exact) mass is 336 g/mol. The molecule has 3 rings (SSSR count). The Balaban J connectivity index is 1.89. The van der Waals surface area contributed by atoms with E-state index in [0.717, 1.165) is 29.9 Å². The topological polar surface area (TPSA) is 71.1 Å². The van der Waals surface area contributed by atoms with Crippen molar-refractivity contribution in [2.45, 2.75) is 52.2 Å². The molecule has 6 nitrogen and oxygen atoms in total. The number of aryl methyl sites for hydroxylation is 1. The largest absolute Gasteiger partial charge is 0.444 e. The van der Waals surface area contributed by atoms with Crippen LogP contribution in [0.25, 0.3) is 11.2 Å². The fourth-order valence-electron chi connectivity index (χ4n) is 2.77. The summed E-state index contributed by atoms with van der Waals surface area (Å²) in [5.74, 6) is 0.734. The number of nitrogens with zero attached hydrogens (tertiary/aromatic N) is 3. The van der Waals surface area contributed by atoms with E-state index in [4.69, 9.17) is 16.3 Å². The molecule has 1 atom stereocenters. The van der Waals surface area contributed by atoms with Gasteiger partial charge in [-0.15, -0.1) is 0 Å². The van der Waals surface area contributed by atoms with Crippen molar-refractivity contribution in [2.75, 3.05) is 6.54 Å². The van der Waals surface area contributed by atoms with Crippen LogP contribution >= 0.6 is 11.6 Å². The second kappa shape index (κ2) is 5.67. The Labute approximate surface area is 140 Å². The molecule has 23 heavy (non-hydrogen) atoms. The van der Waals surface area contributed by atoms with Crippen LogP contribution < -0.4 is 0 Å². The van der Waals surface area contributed by atoms with Gasteiger partial charge in [-0.1, -0.05) is 11.6 Å². The average molecular weight is 337 g/mol. The van der Waals surface area contributed by atoms with Crippen LogP contribution in [0.4, 0.5) is 4.79 Å². The standard InChI is InChI=1S/C16H21ClN4O2/c1-9-10(17)8-11-13(18-9)20-14(19-11)12-6-5-7-21(12)15(22)23-16(2,3)4/h8,12H,5-7H2,1-4H3,(H,18,19,20). The molecule has 0 bridgehead atoms. The fourth-order valence-corrected chi connectivity index (χ4v) is 2.92.